The van der Waals surface area contributed by atoms with Crippen molar-refractivity contribution in [3.63, 3.8) is 0 Å². The third kappa shape index (κ3) is 4.57. The van der Waals surface area contributed by atoms with E-state index < -0.39 is 12.1 Å². The van der Waals surface area contributed by atoms with Gasteiger partial charge in [-0.3, -0.25) is 0 Å². The molecule has 164 valence electrons. The number of piperazine rings is 1. The molecule has 2 atom stereocenters. The summed E-state index contributed by atoms with van der Waals surface area (Å²) < 4.78 is 5.96. The lowest BCUT2D eigenvalue weighted by Gasteiger charge is -2.39. The Balaban J connectivity index is 1.64. The highest BCUT2D eigenvalue weighted by molar-refractivity contribution is 6.30. The SMILES string of the molecule is CN1CCC[C@H]1COc1nc(N2CCN(C(=O)O)[C@@H](CC#N)C2)c2cnc(Cl)cc2n1. The van der Waals surface area contributed by atoms with Crippen molar-refractivity contribution in [2.75, 3.05) is 44.7 Å². The molecule has 0 bridgehead atoms. The molecule has 4 rings (SSSR count). The molecule has 2 aromatic heterocycles. The molecular formula is C20H24ClN7O3. The fraction of sp³-hybridized carbons (Fsp3) is 0.550. The zero-order valence-corrected chi connectivity index (χ0v) is 18.0. The lowest BCUT2D eigenvalue weighted by Crippen LogP contribution is -2.55. The number of hydrogen-bond acceptors (Lipinski definition) is 8. The predicted molar refractivity (Wildman–Crippen MR) is 114 cm³/mol. The number of rotatable bonds is 5. The van der Waals surface area contributed by atoms with Crippen molar-refractivity contribution in [1.29, 1.82) is 5.26 Å². The fourth-order valence-electron chi connectivity index (χ4n) is 4.21. The van der Waals surface area contributed by atoms with Gasteiger partial charge >= 0.3 is 12.1 Å². The number of halogens is 1. The summed E-state index contributed by atoms with van der Waals surface area (Å²) in [5.74, 6) is 0.608. The number of carbonyl (C=O) groups is 1. The topological polar surface area (TPSA) is 119 Å². The molecule has 2 aliphatic rings. The van der Waals surface area contributed by atoms with Crippen LogP contribution in [0.25, 0.3) is 10.9 Å². The maximum absolute atomic E-state index is 11.5. The number of nitrogens with zero attached hydrogens (tertiary/aromatic N) is 7. The van der Waals surface area contributed by atoms with Gasteiger partial charge in [-0.1, -0.05) is 11.6 Å². The molecule has 1 N–H and O–H groups in total. The van der Waals surface area contributed by atoms with Gasteiger partial charge in [-0.05, 0) is 26.4 Å². The smallest absolute Gasteiger partial charge is 0.407 e. The minimum absolute atomic E-state index is 0.104. The number of anilines is 1. The summed E-state index contributed by atoms with van der Waals surface area (Å²) in [6.07, 6.45) is 2.91. The van der Waals surface area contributed by atoms with Crippen molar-refractivity contribution < 1.29 is 14.6 Å². The summed E-state index contributed by atoms with van der Waals surface area (Å²) in [5, 5.41) is 19.6. The van der Waals surface area contributed by atoms with E-state index in [0.29, 0.717) is 47.6 Å². The number of pyridine rings is 1. The third-order valence-electron chi connectivity index (χ3n) is 5.94. The highest BCUT2D eigenvalue weighted by Crippen LogP contribution is 2.29. The van der Waals surface area contributed by atoms with Gasteiger partial charge in [-0.25, -0.2) is 9.78 Å². The number of aromatic nitrogens is 3. The summed E-state index contributed by atoms with van der Waals surface area (Å²) in [6.45, 7) is 2.60. The van der Waals surface area contributed by atoms with Gasteiger partial charge in [-0.15, -0.1) is 0 Å². The Morgan fingerprint density at radius 1 is 1.35 bits per heavy atom. The first kappa shape index (κ1) is 21.3. The second-order valence-corrected chi connectivity index (χ2v) is 8.27. The minimum atomic E-state index is -1.02. The maximum atomic E-state index is 11.5. The van der Waals surface area contributed by atoms with Gasteiger partial charge in [0.05, 0.1) is 29.4 Å². The quantitative estimate of drug-likeness (QED) is 0.691. The van der Waals surface area contributed by atoms with Crippen LogP contribution in [0.3, 0.4) is 0 Å². The summed E-state index contributed by atoms with van der Waals surface area (Å²) in [6, 6.07) is 3.87. The number of hydrogen-bond donors (Lipinski definition) is 1. The molecule has 11 heteroatoms. The van der Waals surface area contributed by atoms with Crippen molar-refractivity contribution in [2.45, 2.75) is 31.3 Å². The first-order valence-electron chi connectivity index (χ1n) is 10.2. The first-order valence-corrected chi connectivity index (χ1v) is 10.6. The number of likely N-dealkylation sites (N-methyl/N-ethyl adjacent to an activating group) is 1. The summed E-state index contributed by atoms with van der Waals surface area (Å²) in [7, 11) is 2.08. The molecule has 2 aliphatic heterocycles. The highest BCUT2D eigenvalue weighted by Gasteiger charge is 2.32. The molecule has 0 unspecified atom stereocenters. The lowest BCUT2D eigenvalue weighted by molar-refractivity contribution is 0.119. The average molecular weight is 446 g/mol. The van der Waals surface area contributed by atoms with E-state index in [1.807, 2.05) is 4.90 Å². The normalized spacial score (nSPS) is 22.0. The number of fused-ring (bicyclic) bond motifs is 1. The standard InChI is InChI=1S/C20H24ClN7O3/c1-26-6-2-3-14(26)12-31-19-24-16-9-17(21)23-10-15(16)18(25-19)27-7-8-28(20(29)30)13(11-27)4-5-22/h9-10,13-14H,2-4,6-8,11-12H2,1H3,(H,29,30)/t13-,14-/m0/s1. The molecule has 10 nitrogen and oxygen atoms in total. The Labute approximate surface area is 185 Å². The van der Waals surface area contributed by atoms with E-state index in [4.69, 9.17) is 21.6 Å². The highest BCUT2D eigenvalue weighted by atomic mass is 35.5. The molecule has 0 spiro atoms. The van der Waals surface area contributed by atoms with E-state index in [-0.39, 0.29) is 19.0 Å². The summed E-state index contributed by atoms with van der Waals surface area (Å²) >= 11 is 6.09. The molecule has 4 heterocycles. The Morgan fingerprint density at radius 2 is 2.19 bits per heavy atom. The van der Waals surface area contributed by atoms with Gasteiger partial charge in [0.15, 0.2) is 0 Å². The first-order chi connectivity index (χ1) is 15.0. The second kappa shape index (κ2) is 9.08. The molecule has 2 aromatic rings. The number of amides is 1. The maximum Gasteiger partial charge on any atom is 0.407 e. The molecule has 2 saturated heterocycles. The Kier molecular flexibility index (Phi) is 6.25. The molecule has 0 saturated carbocycles. The van der Waals surface area contributed by atoms with E-state index in [1.165, 1.54) is 4.90 Å². The van der Waals surface area contributed by atoms with Crippen LogP contribution in [-0.4, -0.2) is 87.9 Å². The van der Waals surface area contributed by atoms with Crippen molar-refractivity contribution in [1.82, 2.24) is 24.8 Å². The zero-order valence-electron chi connectivity index (χ0n) is 17.2. The van der Waals surface area contributed by atoms with Gasteiger partial charge in [0.2, 0.25) is 0 Å². The molecule has 0 radical (unpaired) electrons. The van der Waals surface area contributed by atoms with E-state index in [2.05, 4.69) is 33.0 Å². The number of carboxylic acid groups (broad SMARTS) is 1. The molecule has 2 fully saturated rings. The van der Waals surface area contributed by atoms with E-state index >= 15 is 0 Å². The second-order valence-electron chi connectivity index (χ2n) is 7.88. The van der Waals surface area contributed by atoms with E-state index in [1.54, 1.807) is 12.3 Å². The number of ether oxygens (including phenoxy) is 1. The van der Waals surface area contributed by atoms with Crippen LogP contribution in [0.2, 0.25) is 5.15 Å². The predicted octanol–water partition coefficient (Wildman–Crippen LogP) is 2.23. The van der Waals surface area contributed by atoms with Gasteiger partial charge in [0.1, 0.15) is 17.6 Å². The minimum Gasteiger partial charge on any atom is -0.465 e. The van der Waals surface area contributed by atoms with Crippen LogP contribution in [0, 0.1) is 11.3 Å². The molecule has 0 aromatic carbocycles. The molecule has 31 heavy (non-hydrogen) atoms. The molecular weight excluding hydrogens is 422 g/mol. The van der Waals surface area contributed by atoms with Crippen LogP contribution in [0.1, 0.15) is 19.3 Å². The fourth-order valence-corrected chi connectivity index (χ4v) is 4.36. The van der Waals surface area contributed by atoms with Gasteiger partial charge < -0.3 is 24.5 Å². The van der Waals surface area contributed by atoms with Gasteiger partial charge in [0, 0.05) is 37.9 Å². The van der Waals surface area contributed by atoms with Crippen molar-refractivity contribution in [2.24, 2.45) is 0 Å². The van der Waals surface area contributed by atoms with Crippen LogP contribution in [0.4, 0.5) is 10.6 Å². The van der Waals surface area contributed by atoms with Gasteiger partial charge in [-0.2, -0.15) is 15.2 Å². The molecule has 1 amide bonds. The molecule has 0 aliphatic carbocycles. The van der Waals surface area contributed by atoms with Crippen LogP contribution >= 0.6 is 11.6 Å². The zero-order chi connectivity index (χ0) is 22.0. The third-order valence-corrected chi connectivity index (χ3v) is 6.15. The number of likely N-dealkylation sites (tertiary alicyclic amines) is 1. The van der Waals surface area contributed by atoms with Crippen molar-refractivity contribution in [3.05, 3.63) is 17.4 Å². The van der Waals surface area contributed by atoms with Crippen molar-refractivity contribution in [3.8, 4) is 12.1 Å². The van der Waals surface area contributed by atoms with E-state index in [9.17, 15) is 9.90 Å². The Bertz CT molecular complexity index is 1010. The Morgan fingerprint density at radius 3 is 2.90 bits per heavy atom. The largest absolute Gasteiger partial charge is 0.465 e. The van der Waals surface area contributed by atoms with E-state index in [0.717, 1.165) is 19.4 Å². The monoisotopic (exact) mass is 445 g/mol. The van der Waals surface area contributed by atoms with Crippen LogP contribution in [0.15, 0.2) is 12.3 Å². The lowest BCUT2D eigenvalue weighted by atomic mass is 10.1. The van der Waals surface area contributed by atoms with Gasteiger partial charge in [0.25, 0.3) is 0 Å². The van der Waals surface area contributed by atoms with Crippen LogP contribution < -0.4 is 9.64 Å². The summed E-state index contributed by atoms with van der Waals surface area (Å²) in [4.78, 5) is 30.4. The van der Waals surface area contributed by atoms with Crippen molar-refractivity contribution >= 4 is 34.4 Å². The van der Waals surface area contributed by atoms with Crippen LogP contribution in [0.5, 0.6) is 6.01 Å². The number of nitriles is 1. The summed E-state index contributed by atoms with van der Waals surface area (Å²) in [5.41, 5.74) is 0.609. The van der Waals surface area contributed by atoms with Crippen LogP contribution in [-0.2, 0) is 0 Å². The average Bonchev–Trinajstić information content (AvgIpc) is 3.16. The Hall–Kier alpha value is -2.90.